The van der Waals surface area contributed by atoms with E-state index in [1.807, 2.05) is 53.2 Å². The van der Waals surface area contributed by atoms with Crippen molar-refractivity contribution in [2.75, 3.05) is 10.2 Å². The van der Waals surface area contributed by atoms with E-state index in [2.05, 4.69) is 60.5 Å². The van der Waals surface area contributed by atoms with Crippen molar-refractivity contribution in [3.8, 4) is 5.69 Å². The highest BCUT2D eigenvalue weighted by atomic mass is 15.4. The van der Waals surface area contributed by atoms with E-state index in [1.54, 1.807) is 0 Å². The van der Waals surface area contributed by atoms with Gasteiger partial charge in [-0.15, -0.1) is 0 Å². The van der Waals surface area contributed by atoms with Crippen LogP contribution in [0.4, 0.5) is 17.2 Å². The fraction of sp³-hybridized carbons (Fsp3) is 0.120. The fourth-order valence-electron chi connectivity index (χ4n) is 3.67. The van der Waals surface area contributed by atoms with Crippen molar-refractivity contribution in [1.82, 2.24) is 9.78 Å². The van der Waals surface area contributed by atoms with Gasteiger partial charge in [0.25, 0.3) is 0 Å². The summed E-state index contributed by atoms with van der Waals surface area (Å²) in [4.78, 5) is 7.26. The van der Waals surface area contributed by atoms with Crippen molar-refractivity contribution in [2.45, 2.75) is 20.4 Å². The Morgan fingerprint density at radius 2 is 1.43 bits per heavy atom. The second-order valence-electron chi connectivity index (χ2n) is 7.48. The van der Waals surface area contributed by atoms with E-state index in [9.17, 15) is 0 Å². The Balaban J connectivity index is 1.63. The Hall–Kier alpha value is -3.86. The van der Waals surface area contributed by atoms with Crippen LogP contribution in [0.25, 0.3) is 5.69 Å². The average molecular weight is 393 g/mol. The van der Waals surface area contributed by atoms with Crippen LogP contribution in [0, 0.1) is 13.8 Å². The molecule has 3 aromatic carbocycles. The predicted octanol–water partition coefficient (Wildman–Crippen LogP) is 5.61. The Kier molecular flexibility index (Phi) is 4.56. The molecular formula is C25H23N5. The molecule has 148 valence electrons. The van der Waals surface area contributed by atoms with Crippen LogP contribution in [0.3, 0.4) is 0 Å². The molecule has 1 N–H and O–H groups in total. The minimum Gasteiger partial charge on any atom is -0.326 e. The Bertz CT molecular complexity index is 1190. The molecule has 5 rings (SSSR count). The van der Waals surface area contributed by atoms with Crippen LogP contribution in [-0.4, -0.2) is 15.7 Å². The van der Waals surface area contributed by atoms with Gasteiger partial charge in [-0.3, -0.25) is 0 Å². The van der Waals surface area contributed by atoms with Crippen molar-refractivity contribution in [3.63, 3.8) is 0 Å². The Morgan fingerprint density at radius 3 is 2.13 bits per heavy atom. The van der Waals surface area contributed by atoms with Gasteiger partial charge in [-0.05, 0) is 50.2 Å². The number of hydrogen-bond acceptors (Lipinski definition) is 4. The lowest BCUT2D eigenvalue weighted by molar-refractivity contribution is 0.860. The van der Waals surface area contributed by atoms with Gasteiger partial charge in [0.1, 0.15) is 0 Å². The van der Waals surface area contributed by atoms with Gasteiger partial charge in [0.2, 0.25) is 5.96 Å². The van der Waals surface area contributed by atoms with Gasteiger partial charge in [-0.25, -0.2) is 4.68 Å². The van der Waals surface area contributed by atoms with Gasteiger partial charge in [0.15, 0.2) is 5.82 Å². The maximum atomic E-state index is 5.05. The van der Waals surface area contributed by atoms with Gasteiger partial charge in [0.05, 0.1) is 17.9 Å². The number of aliphatic imine (C=N–C) groups is 1. The van der Waals surface area contributed by atoms with Crippen LogP contribution in [0.2, 0.25) is 0 Å². The molecule has 5 nitrogen and oxygen atoms in total. The molecule has 0 bridgehead atoms. The van der Waals surface area contributed by atoms with Crippen LogP contribution >= 0.6 is 0 Å². The van der Waals surface area contributed by atoms with E-state index in [0.29, 0.717) is 6.54 Å². The molecule has 1 aliphatic rings. The monoisotopic (exact) mass is 393 g/mol. The SMILES string of the molecule is Cc1ccc(N2Cc3c(C)nn(-c4ccccc4)c3N=C2Nc2ccccc2)cc1. The molecule has 0 aliphatic carbocycles. The summed E-state index contributed by atoms with van der Waals surface area (Å²) in [5.74, 6) is 1.66. The van der Waals surface area contributed by atoms with Crippen LogP contribution in [-0.2, 0) is 6.54 Å². The van der Waals surface area contributed by atoms with Gasteiger partial charge < -0.3 is 10.2 Å². The minimum atomic E-state index is 0.704. The number of nitrogens with one attached hydrogen (secondary N) is 1. The molecule has 5 heteroatoms. The highest BCUT2D eigenvalue weighted by Gasteiger charge is 2.27. The Morgan fingerprint density at radius 1 is 0.767 bits per heavy atom. The third-order valence-corrected chi connectivity index (χ3v) is 5.32. The first-order valence-corrected chi connectivity index (χ1v) is 10.1. The smallest absolute Gasteiger partial charge is 0.210 e. The topological polar surface area (TPSA) is 45.5 Å². The van der Waals surface area contributed by atoms with Crippen molar-refractivity contribution in [1.29, 1.82) is 0 Å². The normalized spacial score (nSPS) is 13.0. The first-order valence-electron chi connectivity index (χ1n) is 10.1. The number of nitrogens with zero attached hydrogens (tertiary/aromatic N) is 4. The van der Waals surface area contributed by atoms with E-state index in [-0.39, 0.29) is 0 Å². The molecule has 4 aromatic rings. The van der Waals surface area contributed by atoms with E-state index in [1.165, 1.54) is 5.56 Å². The lowest BCUT2D eigenvalue weighted by atomic mass is 10.1. The minimum absolute atomic E-state index is 0.704. The fourth-order valence-corrected chi connectivity index (χ4v) is 3.67. The summed E-state index contributed by atoms with van der Waals surface area (Å²) in [6.45, 7) is 4.86. The number of guanidine groups is 1. The first-order chi connectivity index (χ1) is 14.7. The third kappa shape index (κ3) is 3.35. The largest absolute Gasteiger partial charge is 0.326 e. The lowest BCUT2D eigenvalue weighted by Gasteiger charge is -2.30. The van der Waals surface area contributed by atoms with Gasteiger partial charge in [-0.2, -0.15) is 10.1 Å². The number of benzene rings is 3. The number of aryl methyl sites for hydroxylation is 2. The number of rotatable bonds is 3. The summed E-state index contributed by atoms with van der Waals surface area (Å²) in [6.07, 6.45) is 0. The summed E-state index contributed by atoms with van der Waals surface area (Å²) in [7, 11) is 0. The zero-order valence-corrected chi connectivity index (χ0v) is 17.1. The summed E-state index contributed by atoms with van der Waals surface area (Å²) in [6, 6.07) is 28.8. The number of aromatic nitrogens is 2. The van der Waals surface area contributed by atoms with Crippen LogP contribution in [0.5, 0.6) is 0 Å². The molecule has 0 fully saturated rings. The highest BCUT2D eigenvalue weighted by molar-refractivity contribution is 6.07. The van der Waals surface area contributed by atoms with Crippen molar-refractivity contribution >= 4 is 23.2 Å². The predicted molar refractivity (Wildman–Crippen MR) is 123 cm³/mol. The van der Waals surface area contributed by atoms with Gasteiger partial charge in [-0.1, -0.05) is 54.1 Å². The molecule has 30 heavy (non-hydrogen) atoms. The van der Waals surface area contributed by atoms with Crippen molar-refractivity contribution < 1.29 is 0 Å². The molecule has 0 saturated heterocycles. The summed E-state index contributed by atoms with van der Waals surface area (Å²) in [5, 5.41) is 8.31. The summed E-state index contributed by atoms with van der Waals surface area (Å²) in [5.41, 5.74) is 6.47. The quantitative estimate of drug-likeness (QED) is 0.492. The summed E-state index contributed by atoms with van der Waals surface area (Å²) < 4.78 is 1.93. The summed E-state index contributed by atoms with van der Waals surface area (Å²) >= 11 is 0. The number of para-hydroxylation sites is 2. The molecule has 0 atom stereocenters. The molecular weight excluding hydrogens is 370 g/mol. The molecule has 1 aromatic heterocycles. The van der Waals surface area contributed by atoms with Crippen LogP contribution in [0.15, 0.2) is 89.9 Å². The van der Waals surface area contributed by atoms with Crippen molar-refractivity contribution in [3.05, 3.63) is 102 Å². The molecule has 2 heterocycles. The lowest BCUT2D eigenvalue weighted by Crippen LogP contribution is -2.38. The number of fused-ring (bicyclic) bond motifs is 1. The molecule has 0 unspecified atom stereocenters. The molecule has 0 radical (unpaired) electrons. The highest BCUT2D eigenvalue weighted by Crippen LogP contribution is 2.34. The van der Waals surface area contributed by atoms with E-state index in [0.717, 1.165) is 40.1 Å². The molecule has 0 spiro atoms. The van der Waals surface area contributed by atoms with Gasteiger partial charge >= 0.3 is 0 Å². The zero-order chi connectivity index (χ0) is 20.5. The van der Waals surface area contributed by atoms with E-state index in [4.69, 9.17) is 10.1 Å². The molecule has 1 aliphatic heterocycles. The van der Waals surface area contributed by atoms with E-state index < -0.39 is 0 Å². The van der Waals surface area contributed by atoms with Crippen molar-refractivity contribution in [2.24, 2.45) is 4.99 Å². The molecule has 0 amide bonds. The first kappa shape index (κ1) is 18.2. The maximum absolute atomic E-state index is 5.05. The molecule has 0 saturated carbocycles. The standard InChI is InChI=1S/C25H23N5/c1-18-13-15-21(16-14-18)29-17-23-19(2)28-30(22-11-7-4-8-12-22)24(23)27-25(29)26-20-9-5-3-6-10-20/h3-16H,17H2,1-2H3,(H,26,27). The maximum Gasteiger partial charge on any atom is 0.210 e. The average Bonchev–Trinajstić information content (AvgIpc) is 3.11. The Labute approximate surface area is 176 Å². The van der Waals surface area contributed by atoms with Crippen LogP contribution < -0.4 is 10.2 Å². The third-order valence-electron chi connectivity index (χ3n) is 5.32. The number of hydrogen-bond donors (Lipinski definition) is 1. The zero-order valence-electron chi connectivity index (χ0n) is 17.1. The van der Waals surface area contributed by atoms with Gasteiger partial charge in [0, 0.05) is 16.9 Å². The number of anilines is 2. The second kappa shape index (κ2) is 7.52. The second-order valence-corrected chi connectivity index (χ2v) is 7.48. The van der Waals surface area contributed by atoms with Crippen LogP contribution in [0.1, 0.15) is 16.8 Å². The van der Waals surface area contributed by atoms with E-state index >= 15 is 0 Å².